The van der Waals surface area contributed by atoms with Gasteiger partial charge in [0, 0.05) is 59.4 Å². The number of halogens is 8. The van der Waals surface area contributed by atoms with E-state index >= 15 is 0 Å². The molecule has 0 aliphatic heterocycles. The molecule has 0 spiro atoms. The number of ketones is 1. The van der Waals surface area contributed by atoms with E-state index in [1.54, 1.807) is 26.0 Å². The van der Waals surface area contributed by atoms with Crippen molar-refractivity contribution in [3.8, 4) is 11.1 Å². The SMILES string of the molecule is C.C.C.C.CC(C)(C(F)(F)F)C(F)(F)F.CC(C)(C)C.CC(C)=O.CCC.CCC.CCF.CF.COC.CS(C)(=O)=O.CSC.Cc1cc[c-]cc1.Cc1cc[c-]cc1.Cc1ccc(-c2ccc(C)cc2)cc1.[Y]. The Kier molecular flexibility index (Phi) is 100. The number of carbonyl (C=O) groups is 1. The summed E-state index contributed by atoms with van der Waals surface area (Å²) < 4.78 is 113. The number of methoxy groups -OCH3 is 1. The molecule has 0 fully saturated rings. The topological polar surface area (TPSA) is 60.4 Å². The zero-order valence-corrected chi connectivity index (χ0v) is 52.4. The van der Waals surface area contributed by atoms with Gasteiger partial charge in [-0.3, -0.25) is 8.78 Å². The van der Waals surface area contributed by atoms with Crippen molar-refractivity contribution in [1.82, 2.24) is 0 Å². The predicted molar refractivity (Wildman–Crippen MR) is 319 cm³/mol. The number of aryl methyl sites for hydroxylation is 4. The van der Waals surface area contributed by atoms with E-state index in [0.717, 1.165) is 12.5 Å². The van der Waals surface area contributed by atoms with Crippen molar-refractivity contribution < 1.29 is 85.8 Å². The molecule has 0 unspecified atom stereocenters. The first-order valence-corrected chi connectivity index (χ1v) is 26.3. The fourth-order valence-electron chi connectivity index (χ4n) is 2.59. The van der Waals surface area contributed by atoms with E-state index in [-0.39, 0.29) is 88.7 Å². The van der Waals surface area contributed by atoms with Gasteiger partial charge in [0.15, 0.2) is 5.41 Å². The summed E-state index contributed by atoms with van der Waals surface area (Å²) in [5, 5.41) is 0. The van der Waals surface area contributed by atoms with Crippen LogP contribution in [0.15, 0.2) is 97.1 Å². The molecule has 15 heteroatoms. The van der Waals surface area contributed by atoms with Crippen LogP contribution < -0.4 is 0 Å². The van der Waals surface area contributed by atoms with Gasteiger partial charge in [0.2, 0.25) is 0 Å². The average molecular weight is 1200 g/mol. The van der Waals surface area contributed by atoms with Crippen molar-refractivity contribution in [3.63, 3.8) is 0 Å². The van der Waals surface area contributed by atoms with Crippen molar-refractivity contribution in [2.75, 3.05) is 53.1 Å². The van der Waals surface area contributed by atoms with Crippen LogP contribution in [0, 0.1) is 50.7 Å². The van der Waals surface area contributed by atoms with Gasteiger partial charge in [-0.25, -0.2) is 8.42 Å². The number of hydrogen-bond acceptors (Lipinski definition) is 5. The van der Waals surface area contributed by atoms with E-state index in [2.05, 4.69) is 148 Å². The molecule has 4 nitrogen and oxygen atoms in total. The normalized spacial score (nSPS) is 8.96. The summed E-state index contributed by atoms with van der Waals surface area (Å²) in [6, 6.07) is 38.9. The van der Waals surface area contributed by atoms with Gasteiger partial charge in [-0.05, 0) is 77.5 Å². The predicted octanol–water partition coefficient (Wildman–Crippen LogP) is 21.2. The zero-order valence-electron chi connectivity index (χ0n) is 47.9. The third kappa shape index (κ3) is 112. The van der Waals surface area contributed by atoms with E-state index < -0.39 is 27.6 Å². The Morgan fingerprint density at radius 2 is 0.653 bits per heavy atom. The van der Waals surface area contributed by atoms with Crippen molar-refractivity contribution in [3.05, 3.63) is 131 Å². The number of ether oxygens (including phenoxy) is 1. The number of benzene rings is 4. The Hall–Kier alpha value is -2.65. The first-order valence-electron chi connectivity index (χ1n) is 22.3. The molecule has 447 valence electrons. The van der Waals surface area contributed by atoms with Crippen LogP contribution in [0.4, 0.5) is 35.1 Å². The molecule has 0 aliphatic carbocycles. The van der Waals surface area contributed by atoms with Crippen molar-refractivity contribution in [1.29, 1.82) is 0 Å². The number of sulfone groups is 1. The van der Waals surface area contributed by atoms with Gasteiger partial charge >= 0.3 is 12.4 Å². The summed E-state index contributed by atoms with van der Waals surface area (Å²) in [6.45, 7) is 30.1. The summed E-state index contributed by atoms with van der Waals surface area (Å²) in [6.07, 6.45) is -1.59. The van der Waals surface area contributed by atoms with Crippen LogP contribution in [0.2, 0.25) is 0 Å². The smallest absolute Gasteiger partial charge is 0.388 e. The molecule has 0 heterocycles. The van der Waals surface area contributed by atoms with Gasteiger partial charge in [0.25, 0.3) is 0 Å². The molecule has 0 aromatic heterocycles. The second-order valence-corrected chi connectivity index (χ2v) is 20.2. The monoisotopic (exact) mass is 1200 g/mol. The van der Waals surface area contributed by atoms with Gasteiger partial charge in [-0.1, -0.05) is 171 Å². The van der Waals surface area contributed by atoms with Gasteiger partial charge in [0.1, 0.15) is 15.6 Å². The van der Waals surface area contributed by atoms with Crippen LogP contribution in [-0.4, -0.2) is 79.6 Å². The summed E-state index contributed by atoms with van der Waals surface area (Å²) in [5.41, 5.74) is 4.64. The minimum Gasteiger partial charge on any atom is -0.388 e. The third-order valence-corrected chi connectivity index (χ3v) is 5.62. The maximum atomic E-state index is 11.6. The molecule has 4 aromatic carbocycles. The Morgan fingerprint density at radius 3 is 0.733 bits per heavy atom. The van der Waals surface area contributed by atoms with E-state index in [0.29, 0.717) is 12.6 Å². The molecule has 0 atom stereocenters. The molecule has 0 N–H and O–H groups in total. The van der Waals surface area contributed by atoms with E-state index in [1.165, 1.54) is 67.0 Å². The van der Waals surface area contributed by atoms with Gasteiger partial charge in [0.05, 0.1) is 13.9 Å². The number of alkyl halides is 8. The molecule has 0 amide bonds. The van der Waals surface area contributed by atoms with Crippen LogP contribution in [0.1, 0.15) is 155 Å². The number of thioether (sulfide) groups is 1. The largest absolute Gasteiger partial charge is 0.402 e. The molecule has 0 aliphatic rings. The second kappa shape index (κ2) is 69.4. The Labute approximate surface area is 489 Å². The van der Waals surface area contributed by atoms with Crippen LogP contribution in [0.25, 0.3) is 11.1 Å². The van der Waals surface area contributed by atoms with Crippen molar-refractivity contribution >= 4 is 27.4 Å². The molecule has 0 bridgehead atoms. The number of carbonyl (C=O) groups excluding carboxylic acids is 1. The van der Waals surface area contributed by atoms with Gasteiger partial charge < -0.3 is 9.53 Å². The second-order valence-electron chi connectivity index (χ2n) is 17.1. The third-order valence-electron chi connectivity index (χ3n) is 5.62. The standard InChI is InChI=1S/C14H14.2C7H7.C5H6F6.C5H12.C3H6O.2C3H8.C2H5F.C2H6O2S.C2H6O.C2H6S.CH3F.4CH4.Y/c1-11-3-7-13(8-4-11)14-9-5-12(2)6-10-14;2*1-7-5-3-2-4-6-7;1-3(2,4(6,7)8)5(9,10)11;1-5(2,3)4;1-3(2)4;2*1-3-2;1-2-3;1-5(2,3)4;2*1-3-2;1-2;;;;;/h3-10H,1-2H3;2*3-6H,1H3;1-2H3;1-4H3;1-2H3;2*3H2,1-2H3;2H2,1H3;1-2H3;2*1-2H3;1H3;4*1H4;/q;2*-1;;;;;;;;;;;;;;;. The van der Waals surface area contributed by atoms with E-state index in [4.69, 9.17) is 0 Å². The number of rotatable bonds is 1. The molecule has 1 radical (unpaired) electrons. The minimum atomic E-state index is -5.24. The van der Waals surface area contributed by atoms with Crippen LogP contribution in [0.5, 0.6) is 0 Å². The Balaban J connectivity index is -0.0000000466. The molecular formula is C60H110F8O4S2Y-2. The summed E-state index contributed by atoms with van der Waals surface area (Å²) in [4.78, 5) is 9.44. The van der Waals surface area contributed by atoms with Crippen molar-refractivity contribution in [2.45, 2.75) is 173 Å². The van der Waals surface area contributed by atoms with Crippen molar-refractivity contribution in [2.24, 2.45) is 10.8 Å². The molecular weight excluding hydrogens is 1090 g/mol. The first kappa shape index (κ1) is 108. The molecule has 4 rings (SSSR count). The van der Waals surface area contributed by atoms with E-state index in [1.807, 2.05) is 61.0 Å². The molecule has 0 saturated carbocycles. The molecule has 0 saturated heterocycles. The Morgan fingerprint density at radius 1 is 0.533 bits per heavy atom. The van der Waals surface area contributed by atoms with Crippen LogP contribution in [0.3, 0.4) is 0 Å². The van der Waals surface area contributed by atoms with Crippen LogP contribution >= 0.6 is 11.8 Å². The summed E-state index contributed by atoms with van der Waals surface area (Å²) >= 11 is 1.75. The average Bonchev–Trinajstić information content (AvgIpc) is 3.20. The van der Waals surface area contributed by atoms with Gasteiger partial charge in [-0.2, -0.15) is 110 Å². The number of Topliss-reactive ketones (excluding diaryl/α,β-unsaturated/α-hetero) is 1. The molecule has 4 aromatic rings. The minimum absolute atomic E-state index is 0. The zero-order chi connectivity index (χ0) is 57.8. The molecule has 75 heavy (non-hydrogen) atoms. The number of hydrogen-bond donors (Lipinski definition) is 0. The fourth-order valence-corrected chi connectivity index (χ4v) is 2.59. The van der Waals surface area contributed by atoms with E-state index in [9.17, 15) is 48.3 Å². The maximum absolute atomic E-state index is 11.6. The summed E-state index contributed by atoms with van der Waals surface area (Å²) in [7, 11) is 1.08. The van der Waals surface area contributed by atoms with Gasteiger partial charge in [-0.15, -0.1) is 0 Å². The quantitative estimate of drug-likeness (QED) is 0.140. The fraction of sp³-hybridized carbons (Fsp3) is 0.583. The maximum Gasteiger partial charge on any atom is 0.402 e. The first-order chi connectivity index (χ1) is 31.8. The summed E-state index contributed by atoms with van der Waals surface area (Å²) in [5.74, 6) is 0.167. The van der Waals surface area contributed by atoms with Crippen LogP contribution in [-0.2, 0) is 52.1 Å². The Bertz CT molecular complexity index is 1610.